The van der Waals surface area contributed by atoms with Crippen LogP contribution in [0.4, 0.5) is 5.69 Å². The summed E-state index contributed by atoms with van der Waals surface area (Å²) in [5.41, 5.74) is 2.28. The van der Waals surface area contributed by atoms with Crippen molar-refractivity contribution in [2.45, 2.75) is 60.8 Å². The van der Waals surface area contributed by atoms with Gasteiger partial charge in [0.25, 0.3) is 0 Å². The Morgan fingerprint density at radius 3 is 1.61 bits per heavy atom. The first-order valence-corrected chi connectivity index (χ1v) is 6.78. The van der Waals surface area contributed by atoms with Gasteiger partial charge in [-0.2, -0.15) is 0 Å². The molecule has 0 bridgehead atoms. The first-order valence-electron chi connectivity index (χ1n) is 6.78. The van der Waals surface area contributed by atoms with Crippen molar-refractivity contribution < 1.29 is 4.79 Å². The third-order valence-electron chi connectivity index (χ3n) is 2.07. The molecular weight excluding hydrogens is 222 g/mol. The van der Waals surface area contributed by atoms with Gasteiger partial charge in [0.05, 0.1) is 0 Å². The second-order valence-electron chi connectivity index (χ2n) is 4.51. The summed E-state index contributed by atoms with van der Waals surface area (Å²) in [6, 6.07) is 7.96. The molecule has 0 radical (unpaired) electrons. The molecule has 18 heavy (non-hydrogen) atoms. The van der Waals surface area contributed by atoms with E-state index in [-0.39, 0.29) is 11.3 Å². The highest BCUT2D eigenvalue weighted by molar-refractivity contribution is 5.88. The van der Waals surface area contributed by atoms with E-state index in [1.807, 2.05) is 52.0 Å². The molecule has 0 aromatic heterocycles. The maximum atomic E-state index is 10.8. The van der Waals surface area contributed by atoms with E-state index in [2.05, 4.69) is 26.1 Å². The monoisotopic (exact) mass is 251 g/mol. The maximum absolute atomic E-state index is 10.8. The highest BCUT2D eigenvalue weighted by atomic mass is 16.1. The van der Waals surface area contributed by atoms with E-state index in [1.54, 1.807) is 0 Å². The molecule has 1 aromatic carbocycles. The molecule has 2 nitrogen and oxygen atoms in total. The van der Waals surface area contributed by atoms with Gasteiger partial charge >= 0.3 is 0 Å². The van der Waals surface area contributed by atoms with Crippen LogP contribution in [0.25, 0.3) is 0 Å². The van der Waals surface area contributed by atoms with Gasteiger partial charge in [-0.05, 0) is 23.1 Å². The van der Waals surface area contributed by atoms with E-state index in [9.17, 15) is 4.79 Å². The smallest absolute Gasteiger partial charge is 0.221 e. The zero-order valence-corrected chi connectivity index (χ0v) is 13.2. The van der Waals surface area contributed by atoms with Gasteiger partial charge in [0.1, 0.15) is 0 Å². The fourth-order valence-electron chi connectivity index (χ4n) is 1.26. The van der Waals surface area contributed by atoms with Crippen LogP contribution < -0.4 is 5.32 Å². The lowest BCUT2D eigenvalue weighted by molar-refractivity contribution is -0.114. The Hall–Kier alpha value is -1.31. The molecule has 1 amide bonds. The maximum Gasteiger partial charge on any atom is 0.221 e. The molecule has 0 aliphatic carbocycles. The van der Waals surface area contributed by atoms with E-state index in [0.717, 1.165) is 5.69 Å². The summed E-state index contributed by atoms with van der Waals surface area (Å²) < 4.78 is 0. The van der Waals surface area contributed by atoms with E-state index in [1.165, 1.54) is 12.5 Å². The summed E-state index contributed by atoms with van der Waals surface area (Å²) in [6.07, 6.45) is 0. The fraction of sp³-hybridized carbons (Fsp3) is 0.562. The van der Waals surface area contributed by atoms with E-state index in [0.29, 0.717) is 0 Å². The molecule has 0 aliphatic rings. The summed E-state index contributed by atoms with van der Waals surface area (Å²) in [4.78, 5) is 10.8. The van der Waals surface area contributed by atoms with Crippen LogP contribution in [0.1, 0.15) is 61.0 Å². The zero-order valence-electron chi connectivity index (χ0n) is 13.2. The lowest BCUT2D eigenvalue weighted by atomic mass is 9.87. The molecule has 0 aliphatic heterocycles. The van der Waals surface area contributed by atoms with Crippen LogP contribution in [0.3, 0.4) is 0 Å². The molecule has 0 saturated heterocycles. The second-order valence-corrected chi connectivity index (χ2v) is 4.51. The Balaban J connectivity index is 0. The molecule has 0 saturated carbocycles. The number of rotatable bonds is 1. The predicted molar refractivity (Wildman–Crippen MR) is 82.1 cm³/mol. The molecule has 0 heterocycles. The van der Waals surface area contributed by atoms with Gasteiger partial charge in [0, 0.05) is 12.6 Å². The number of carbonyl (C=O) groups is 1. The summed E-state index contributed by atoms with van der Waals surface area (Å²) in [7, 11) is 0. The van der Waals surface area contributed by atoms with Crippen LogP contribution in [-0.4, -0.2) is 5.91 Å². The molecule has 1 rings (SSSR count). The summed E-state index contributed by atoms with van der Waals surface area (Å²) >= 11 is 0. The lowest BCUT2D eigenvalue weighted by Crippen LogP contribution is -2.11. The fourth-order valence-corrected chi connectivity index (χ4v) is 1.26. The lowest BCUT2D eigenvalue weighted by Gasteiger charge is -2.19. The third-order valence-corrected chi connectivity index (χ3v) is 2.07. The van der Waals surface area contributed by atoms with E-state index < -0.39 is 0 Å². The van der Waals surface area contributed by atoms with E-state index >= 15 is 0 Å². The van der Waals surface area contributed by atoms with Crippen molar-refractivity contribution >= 4 is 11.6 Å². The number of hydrogen-bond donors (Lipinski definition) is 1. The van der Waals surface area contributed by atoms with Crippen molar-refractivity contribution in [1.82, 2.24) is 0 Å². The van der Waals surface area contributed by atoms with Crippen molar-refractivity contribution in [3.05, 3.63) is 29.8 Å². The van der Waals surface area contributed by atoms with Gasteiger partial charge in [-0.15, -0.1) is 0 Å². The van der Waals surface area contributed by atoms with Gasteiger partial charge in [0.2, 0.25) is 5.91 Å². The Morgan fingerprint density at radius 1 is 0.944 bits per heavy atom. The summed E-state index contributed by atoms with van der Waals surface area (Å²) in [6.45, 7) is 16.0. The molecule has 0 atom stereocenters. The number of anilines is 1. The first-order chi connectivity index (χ1) is 8.39. The molecular formula is C16H29NO. The molecule has 2 heteroatoms. The summed E-state index contributed by atoms with van der Waals surface area (Å²) in [5.74, 6) is -0.0338. The van der Waals surface area contributed by atoms with Crippen LogP contribution >= 0.6 is 0 Å². The van der Waals surface area contributed by atoms with Gasteiger partial charge in [-0.3, -0.25) is 4.79 Å². The average Bonchev–Trinajstić information content (AvgIpc) is 2.33. The van der Waals surface area contributed by atoms with Crippen molar-refractivity contribution in [2.24, 2.45) is 0 Å². The SMILES string of the molecule is CC.CC.CC(=O)Nc1ccc(C(C)(C)C)cc1. The van der Waals surface area contributed by atoms with Crippen LogP contribution in [-0.2, 0) is 10.2 Å². The number of benzene rings is 1. The molecule has 1 aromatic rings. The molecule has 0 spiro atoms. The molecule has 1 N–H and O–H groups in total. The van der Waals surface area contributed by atoms with Crippen molar-refractivity contribution in [1.29, 1.82) is 0 Å². The Morgan fingerprint density at radius 2 is 1.33 bits per heavy atom. The highest BCUT2D eigenvalue weighted by Crippen LogP contribution is 2.23. The highest BCUT2D eigenvalue weighted by Gasteiger charge is 2.12. The standard InChI is InChI=1S/C12H17NO.2C2H6/c1-9(14)13-11-7-5-10(6-8-11)12(2,3)4;2*1-2/h5-8H,1-4H3,(H,13,14);2*1-2H3. The van der Waals surface area contributed by atoms with Crippen LogP contribution in [0.15, 0.2) is 24.3 Å². The number of nitrogens with one attached hydrogen (secondary N) is 1. The van der Waals surface area contributed by atoms with Crippen molar-refractivity contribution in [2.75, 3.05) is 5.32 Å². The Labute approximate surface area is 113 Å². The average molecular weight is 251 g/mol. The topological polar surface area (TPSA) is 29.1 Å². The van der Waals surface area contributed by atoms with Crippen molar-refractivity contribution in [3.8, 4) is 0 Å². The Bertz CT molecular complexity index is 320. The zero-order chi connectivity index (χ0) is 14.8. The largest absolute Gasteiger partial charge is 0.326 e. The van der Waals surface area contributed by atoms with Crippen LogP contribution in [0.5, 0.6) is 0 Å². The van der Waals surface area contributed by atoms with Crippen LogP contribution in [0, 0.1) is 0 Å². The third kappa shape index (κ3) is 7.88. The van der Waals surface area contributed by atoms with Crippen LogP contribution in [0.2, 0.25) is 0 Å². The number of hydrogen-bond acceptors (Lipinski definition) is 1. The first kappa shape index (κ1) is 19.0. The number of carbonyl (C=O) groups excluding carboxylic acids is 1. The molecule has 104 valence electrons. The van der Waals surface area contributed by atoms with Gasteiger partial charge in [-0.25, -0.2) is 0 Å². The minimum Gasteiger partial charge on any atom is -0.326 e. The Kier molecular flexibility index (Phi) is 10.3. The summed E-state index contributed by atoms with van der Waals surface area (Å²) in [5, 5.41) is 2.74. The minimum atomic E-state index is -0.0338. The van der Waals surface area contributed by atoms with Gasteiger partial charge in [-0.1, -0.05) is 60.6 Å². The van der Waals surface area contributed by atoms with E-state index in [4.69, 9.17) is 0 Å². The molecule has 0 unspecified atom stereocenters. The second kappa shape index (κ2) is 9.69. The van der Waals surface area contributed by atoms with Crippen molar-refractivity contribution in [3.63, 3.8) is 0 Å². The quantitative estimate of drug-likeness (QED) is 0.748. The number of amides is 1. The van der Waals surface area contributed by atoms with Gasteiger partial charge in [0.15, 0.2) is 0 Å². The molecule has 0 fully saturated rings. The van der Waals surface area contributed by atoms with Gasteiger partial charge < -0.3 is 5.32 Å². The normalized spacial score (nSPS) is 9.33. The predicted octanol–water partition coefficient (Wildman–Crippen LogP) is 4.99. The minimum absolute atomic E-state index is 0.0338.